The summed E-state index contributed by atoms with van der Waals surface area (Å²) in [6.07, 6.45) is -0.224. The number of rotatable bonds is 3. The minimum atomic E-state index is -0.600. The van der Waals surface area contributed by atoms with Crippen LogP contribution in [-0.2, 0) is 20.8 Å². The van der Waals surface area contributed by atoms with Crippen molar-refractivity contribution in [2.45, 2.75) is 45.9 Å². The number of hydrogen-bond acceptors (Lipinski definition) is 4. The van der Waals surface area contributed by atoms with Crippen molar-refractivity contribution >= 4 is 12.1 Å². The third-order valence-corrected chi connectivity index (χ3v) is 3.91. The average Bonchev–Trinajstić information content (AvgIpc) is 2.87. The number of carbonyl (C=O) groups excluding carboxylic acids is 2. The first kappa shape index (κ1) is 16.3. The lowest BCUT2D eigenvalue weighted by Gasteiger charge is -2.27. The second-order valence-corrected chi connectivity index (χ2v) is 6.63. The zero-order valence-electron chi connectivity index (χ0n) is 13.5. The number of benzene rings is 1. The van der Waals surface area contributed by atoms with Gasteiger partial charge in [0.05, 0.1) is 7.11 Å². The van der Waals surface area contributed by atoms with Gasteiger partial charge < -0.3 is 9.47 Å². The first-order valence-electron chi connectivity index (χ1n) is 7.42. The van der Waals surface area contributed by atoms with Gasteiger partial charge in [-0.15, -0.1) is 0 Å². The topological polar surface area (TPSA) is 55.8 Å². The Morgan fingerprint density at radius 3 is 2.45 bits per heavy atom. The molecule has 120 valence electrons. The number of ether oxygens (including phenoxy) is 2. The maximum Gasteiger partial charge on any atom is 0.410 e. The van der Waals surface area contributed by atoms with E-state index in [1.165, 1.54) is 12.0 Å². The van der Waals surface area contributed by atoms with E-state index in [0.717, 1.165) is 5.56 Å². The maximum atomic E-state index is 12.2. The van der Waals surface area contributed by atoms with Gasteiger partial charge in [-0.25, -0.2) is 9.59 Å². The molecule has 22 heavy (non-hydrogen) atoms. The summed E-state index contributed by atoms with van der Waals surface area (Å²) in [4.78, 5) is 25.8. The van der Waals surface area contributed by atoms with Crippen molar-refractivity contribution in [3.8, 4) is 0 Å². The third-order valence-electron chi connectivity index (χ3n) is 3.91. The number of cyclic esters (lactones) is 1. The Morgan fingerprint density at radius 1 is 1.32 bits per heavy atom. The summed E-state index contributed by atoms with van der Waals surface area (Å²) in [6, 6.07) is 8.93. The number of nitrogens with zero attached hydrogens (tertiary/aromatic N) is 1. The Balaban J connectivity index is 2.19. The molecule has 0 radical (unpaired) electrons. The van der Waals surface area contributed by atoms with E-state index < -0.39 is 12.1 Å². The lowest BCUT2D eigenvalue weighted by molar-refractivity contribution is -0.148. The summed E-state index contributed by atoms with van der Waals surface area (Å²) in [5.41, 5.74) is 0.791. The van der Waals surface area contributed by atoms with Gasteiger partial charge in [-0.2, -0.15) is 0 Å². The van der Waals surface area contributed by atoms with Crippen LogP contribution in [0.3, 0.4) is 0 Å². The van der Waals surface area contributed by atoms with Crippen LogP contribution in [0, 0.1) is 5.41 Å². The molecule has 2 atom stereocenters. The molecule has 0 N–H and O–H groups in total. The van der Waals surface area contributed by atoms with Crippen molar-refractivity contribution in [2.75, 3.05) is 7.11 Å². The predicted molar refractivity (Wildman–Crippen MR) is 82.1 cm³/mol. The van der Waals surface area contributed by atoms with E-state index in [1.807, 2.05) is 51.1 Å². The molecular weight excluding hydrogens is 282 g/mol. The van der Waals surface area contributed by atoms with Crippen LogP contribution < -0.4 is 0 Å². The number of methoxy groups -OCH3 is 1. The monoisotopic (exact) mass is 305 g/mol. The van der Waals surface area contributed by atoms with Crippen molar-refractivity contribution in [3.05, 3.63) is 35.9 Å². The smallest absolute Gasteiger partial charge is 0.410 e. The van der Waals surface area contributed by atoms with Gasteiger partial charge in [0.2, 0.25) is 0 Å². The Labute approximate surface area is 131 Å². The van der Waals surface area contributed by atoms with Crippen molar-refractivity contribution in [3.63, 3.8) is 0 Å². The van der Waals surface area contributed by atoms with Gasteiger partial charge in [0.1, 0.15) is 12.1 Å². The zero-order valence-corrected chi connectivity index (χ0v) is 13.5. The summed E-state index contributed by atoms with van der Waals surface area (Å²) in [6.45, 7) is 6.39. The van der Waals surface area contributed by atoms with Gasteiger partial charge in [-0.1, -0.05) is 51.1 Å². The van der Waals surface area contributed by atoms with E-state index in [0.29, 0.717) is 13.0 Å². The molecule has 5 heteroatoms. The number of amides is 1. The highest BCUT2D eigenvalue weighted by molar-refractivity contribution is 5.83. The molecule has 1 fully saturated rings. The van der Waals surface area contributed by atoms with Crippen molar-refractivity contribution in [1.29, 1.82) is 0 Å². The molecule has 1 heterocycles. The largest absolute Gasteiger partial charge is 0.460 e. The van der Waals surface area contributed by atoms with E-state index in [2.05, 4.69) is 0 Å². The highest BCUT2D eigenvalue weighted by atomic mass is 16.6. The van der Waals surface area contributed by atoms with E-state index in [-0.39, 0.29) is 17.5 Å². The van der Waals surface area contributed by atoms with Gasteiger partial charge in [0.15, 0.2) is 0 Å². The van der Waals surface area contributed by atoms with Gasteiger partial charge in [-0.3, -0.25) is 4.90 Å². The molecule has 1 saturated heterocycles. The third kappa shape index (κ3) is 3.59. The molecule has 2 rings (SSSR count). The van der Waals surface area contributed by atoms with Crippen LogP contribution in [-0.4, -0.2) is 36.2 Å². The van der Waals surface area contributed by atoms with Gasteiger partial charge in [0, 0.05) is 13.0 Å². The molecule has 0 aliphatic carbocycles. The molecule has 1 aliphatic heterocycles. The Bertz CT molecular complexity index is 535. The molecule has 1 aliphatic rings. The van der Waals surface area contributed by atoms with E-state index >= 15 is 0 Å². The predicted octanol–water partition coefficient (Wildman–Crippen LogP) is 2.99. The van der Waals surface area contributed by atoms with Crippen LogP contribution in [0.5, 0.6) is 0 Å². The molecule has 5 nitrogen and oxygen atoms in total. The first-order valence-corrected chi connectivity index (χ1v) is 7.42. The van der Waals surface area contributed by atoms with Gasteiger partial charge >= 0.3 is 12.1 Å². The van der Waals surface area contributed by atoms with E-state index in [4.69, 9.17) is 9.47 Å². The Morgan fingerprint density at radius 2 is 1.95 bits per heavy atom. The maximum absolute atomic E-state index is 12.2. The van der Waals surface area contributed by atoms with Crippen molar-refractivity contribution in [2.24, 2.45) is 5.41 Å². The number of carbonyl (C=O) groups is 2. The fourth-order valence-corrected chi connectivity index (χ4v) is 2.55. The SMILES string of the molecule is COC(=O)N(Cc1ccccc1)[C@H]1C[C@@H](C(C)(C)C)OC1=O. The van der Waals surface area contributed by atoms with Crippen molar-refractivity contribution in [1.82, 2.24) is 4.90 Å². The summed E-state index contributed by atoms with van der Waals surface area (Å²) >= 11 is 0. The fraction of sp³-hybridized carbons (Fsp3) is 0.529. The van der Waals surface area contributed by atoms with Crippen LogP contribution in [0.1, 0.15) is 32.8 Å². The lowest BCUT2D eigenvalue weighted by atomic mass is 9.86. The molecule has 0 spiro atoms. The molecule has 0 aromatic heterocycles. The summed E-state index contributed by atoms with van der Waals surface area (Å²) in [5, 5.41) is 0. The highest BCUT2D eigenvalue weighted by Crippen LogP contribution is 2.33. The minimum Gasteiger partial charge on any atom is -0.460 e. The highest BCUT2D eigenvalue weighted by Gasteiger charge is 2.45. The Kier molecular flexibility index (Phi) is 4.74. The molecule has 1 aromatic carbocycles. The van der Waals surface area contributed by atoms with Crippen LogP contribution in [0.15, 0.2) is 30.3 Å². The lowest BCUT2D eigenvalue weighted by Crippen LogP contribution is -2.42. The van der Waals surface area contributed by atoms with E-state index in [1.54, 1.807) is 0 Å². The van der Waals surface area contributed by atoms with Gasteiger partial charge in [0.25, 0.3) is 0 Å². The number of hydrogen-bond donors (Lipinski definition) is 0. The zero-order chi connectivity index (χ0) is 16.3. The molecule has 1 aromatic rings. The quantitative estimate of drug-likeness (QED) is 0.806. The summed E-state index contributed by atoms with van der Waals surface area (Å²) < 4.78 is 10.3. The van der Waals surface area contributed by atoms with Gasteiger partial charge in [-0.05, 0) is 11.0 Å². The summed E-state index contributed by atoms with van der Waals surface area (Å²) in [7, 11) is 1.32. The summed E-state index contributed by atoms with van der Waals surface area (Å²) in [5.74, 6) is -0.360. The minimum absolute atomic E-state index is 0.154. The molecular formula is C17H23NO4. The molecule has 0 saturated carbocycles. The first-order chi connectivity index (χ1) is 10.3. The van der Waals surface area contributed by atoms with E-state index in [9.17, 15) is 9.59 Å². The second-order valence-electron chi connectivity index (χ2n) is 6.63. The Hall–Kier alpha value is -2.04. The standard InChI is InChI=1S/C17H23NO4/c1-17(2,3)14-10-13(15(19)22-14)18(16(20)21-4)11-12-8-6-5-7-9-12/h5-9,13-14H,10-11H2,1-4H3/t13-,14-/m0/s1. The molecule has 0 bridgehead atoms. The van der Waals surface area contributed by atoms with Crippen LogP contribution in [0.25, 0.3) is 0 Å². The van der Waals surface area contributed by atoms with Crippen molar-refractivity contribution < 1.29 is 19.1 Å². The second kappa shape index (κ2) is 6.38. The number of esters is 1. The molecule has 1 amide bonds. The average molecular weight is 305 g/mol. The van der Waals surface area contributed by atoms with Crippen LogP contribution in [0.4, 0.5) is 4.79 Å². The van der Waals surface area contributed by atoms with Crippen LogP contribution >= 0.6 is 0 Å². The molecule has 0 unspecified atom stereocenters. The fourth-order valence-electron chi connectivity index (χ4n) is 2.55. The normalized spacial score (nSPS) is 21.4. The van der Waals surface area contributed by atoms with Crippen LogP contribution in [0.2, 0.25) is 0 Å².